The zero-order valence-electron chi connectivity index (χ0n) is 7.00. The molecule has 0 aromatic carbocycles. The number of carbonyl (C=O) groups is 1. The van der Waals surface area contributed by atoms with Crippen molar-refractivity contribution in [2.75, 3.05) is 6.61 Å². The first kappa shape index (κ1) is 10.2. The van der Waals surface area contributed by atoms with E-state index in [1.165, 1.54) is 6.08 Å². The topological polar surface area (TPSA) is 49.3 Å². The molecule has 0 heterocycles. The molecule has 1 atom stereocenters. The van der Waals surface area contributed by atoms with Crippen molar-refractivity contribution < 1.29 is 9.90 Å². The molecule has 0 saturated heterocycles. The summed E-state index contributed by atoms with van der Waals surface area (Å²) in [7, 11) is 0. The summed E-state index contributed by atoms with van der Waals surface area (Å²) in [5.74, 6) is -0.145. The van der Waals surface area contributed by atoms with Crippen LogP contribution in [0, 0.1) is 0 Å². The van der Waals surface area contributed by atoms with Gasteiger partial charge in [-0.3, -0.25) is 4.79 Å². The van der Waals surface area contributed by atoms with E-state index in [1.54, 1.807) is 13.0 Å². The average Bonchev–Trinajstić information content (AvgIpc) is 2.01. The second-order valence-corrected chi connectivity index (χ2v) is 2.30. The van der Waals surface area contributed by atoms with Crippen LogP contribution in [-0.4, -0.2) is 23.7 Å². The molecule has 2 N–H and O–H groups in total. The maximum Gasteiger partial charge on any atom is 0.243 e. The van der Waals surface area contributed by atoms with Crippen LogP contribution in [0.4, 0.5) is 0 Å². The van der Waals surface area contributed by atoms with Gasteiger partial charge in [-0.15, -0.1) is 0 Å². The largest absolute Gasteiger partial charge is 0.394 e. The summed E-state index contributed by atoms with van der Waals surface area (Å²) in [5.41, 5.74) is 0. The monoisotopic (exact) mass is 157 g/mol. The summed E-state index contributed by atoms with van der Waals surface area (Å²) in [4.78, 5) is 10.9. The molecule has 0 fully saturated rings. The Morgan fingerprint density at radius 1 is 1.73 bits per heavy atom. The summed E-state index contributed by atoms with van der Waals surface area (Å²) in [6, 6.07) is -0.112. The van der Waals surface area contributed by atoms with Gasteiger partial charge in [0.05, 0.1) is 12.6 Å². The number of nitrogens with one attached hydrogen (secondary N) is 1. The van der Waals surface area contributed by atoms with Gasteiger partial charge in [-0.25, -0.2) is 0 Å². The van der Waals surface area contributed by atoms with Gasteiger partial charge in [0.15, 0.2) is 0 Å². The van der Waals surface area contributed by atoms with Crippen molar-refractivity contribution in [2.45, 2.75) is 26.3 Å². The van der Waals surface area contributed by atoms with E-state index in [1.807, 2.05) is 6.92 Å². The predicted molar refractivity (Wildman–Crippen MR) is 44.1 cm³/mol. The zero-order chi connectivity index (χ0) is 8.69. The Morgan fingerprint density at radius 3 is 2.73 bits per heavy atom. The highest BCUT2D eigenvalue weighted by molar-refractivity contribution is 5.87. The Bertz CT molecular complexity index is 139. The molecular weight excluding hydrogens is 142 g/mol. The van der Waals surface area contributed by atoms with Crippen LogP contribution in [0.2, 0.25) is 0 Å². The van der Waals surface area contributed by atoms with Gasteiger partial charge < -0.3 is 10.4 Å². The molecule has 1 unspecified atom stereocenters. The molecular formula is C8H15NO2. The Kier molecular flexibility index (Phi) is 5.47. The van der Waals surface area contributed by atoms with E-state index in [2.05, 4.69) is 5.32 Å². The Balaban J connectivity index is 3.71. The first-order chi connectivity index (χ1) is 5.24. The van der Waals surface area contributed by atoms with E-state index >= 15 is 0 Å². The molecule has 3 nitrogen and oxygen atoms in total. The summed E-state index contributed by atoms with van der Waals surface area (Å²) < 4.78 is 0. The maximum absolute atomic E-state index is 10.9. The Hall–Kier alpha value is -0.830. The van der Waals surface area contributed by atoms with Crippen LogP contribution in [0.25, 0.3) is 0 Å². The third-order valence-corrected chi connectivity index (χ3v) is 1.38. The quantitative estimate of drug-likeness (QED) is 0.582. The number of carbonyl (C=O) groups excluding carboxylic acids is 1. The van der Waals surface area contributed by atoms with Crippen LogP contribution in [0.5, 0.6) is 0 Å². The highest BCUT2D eigenvalue weighted by Crippen LogP contribution is 1.88. The summed E-state index contributed by atoms with van der Waals surface area (Å²) in [6.45, 7) is 3.69. The van der Waals surface area contributed by atoms with Crippen molar-refractivity contribution in [1.29, 1.82) is 0 Å². The van der Waals surface area contributed by atoms with E-state index in [9.17, 15) is 4.79 Å². The molecule has 3 heteroatoms. The summed E-state index contributed by atoms with van der Waals surface area (Å²) in [5, 5.41) is 11.3. The van der Waals surface area contributed by atoms with Crippen molar-refractivity contribution in [3.63, 3.8) is 0 Å². The zero-order valence-corrected chi connectivity index (χ0v) is 7.00. The predicted octanol–water partition coefficient (Wildman–Crippen LogP) is 0.450. The number of rotatable bonds is 4. The van der Waals surface area contributed by atoms with Crippen molar-refractivity contribution in [1.82, 2.24) is 5.32 Å². The van der Waals surface area contributed by atoms with Gasteiger partial charge >= 0.3 is 0 Å². The minimum atomic E-state index is -0.145. The van der Waals surface area contributed by atoms with E-state index in [-0.39, 0.29) is 18.6 Å². The first-order valence-corrected chi connectivity index (χ1v) is 3.78. The van der Waals surface area contributed by atoms with Gasteiger partial charge in [0.1, 0.15) is 0 Å². The van der Waals surface area contributed by atoms with Crippen LogP contribution >= 0.6 is 0 Å². The number of aliphatic hydroxyl groups is 1. The van der Waals surface area contributed by atoms with Crippen LogP contribution in [-0.2, 0) is 4.79 Å². The van der Waals surface area contributed by atoms with E-state index < -0.39 is 0 Å². The molecule has 0 aliphatic heterocycles. The van der Waals surface area contributed by atoms with Crippen LogP contribution in [0.3, 0.4) is 0 Å². The normalized spacial score (nSPS) is 13.4. The molecule has 1 amide bonds. The maximum atomic E-state index is 10.9. The lowest BCUT2D eigenvalue weighted by atomic mass is 10.2. The molecule has 0 rings (SSSR count). The SMILES string of the molecule is C/C=C/C(=O)NC(CC)CO. The number of aliphatic hydroxyl groups excluding tert-OH is 1. The van der Waals surface area contributed by atoms with Gasteiger partial charge in [-0.1, -0.05) is 13.0 Å². The van der Waals surface area contributed by atoms with Gasteiger partial charge in [0.25, 0.3) is 0 Å². The highest BCUT2D eigenvalue weighted by atomic mass is 16.3. The molecule has 0 bridgehead atoms. The van der Waals surface area contributed by atoms with Crippen molar-refractivity contribution in [3.8, 4) is 0 Å². The fraction of sp³-hybridized carbons (Fsp3) is 0.625. The second kappa shape index (κ2) is 5.92. The molecule has 0 aromatic rings. The molecule has 0 aliphatic rings. The van der Waals surface area contributed by atoms with Crippen molar-refractivity contribution >= 4 is 5.91 Å². The van der Waals surface area contributed by atoms with Gasteiger partial charge in [0.2, 0.25) is 5.91 Å². The lowest BCUT2D eigenvalue weighted by Crippen LogP contribution is -2.35. The van der Waals surface area contributed by atoms with Gasteiger partial charge in [-0.2, -0.15) is 0 Å². The molecule has 0 radical (unpaired) electrons. The molecule has 64 valence electrons. The molecule has 0 spiro atoms. The Labute approximate surface area is 67.1 Å². The van der Waals surface area contributed by atoms with Crippen LogP contribution in [0.1, 0.15) is 20.3 Å². The van der Waals surface area contributed by atoms with E-state index in [0.717, 1.165) is 6.42 Å². The summed E-state index contributed by atoms with van der Waals surface area (Å²) >= 11 is 0. The number of allylic oxidation sites excluding steroid dienone is 1. The minimum Gasteiger partial charge on any atom is -0.394 e. The Morgan fingerprint density at radius 2 is 2.36 bits per heavy atom. The lowest BCUT2D eigenvalue weighted by Gasteiger charge is -2.11. The molecule has 11 heavy (non-hydrogen) atoms. The van der Waals surface area contributed by atoms with Gasteiger partial charge in [0, 0.05) is 0 Å². The third-order valence-electron chi connectivity index (χ3n) is 1.38. The average molecular weight is 157 g/mol. The van der Waals surface area contributed by atoms with Gasteiger partial charge in [-0.05, 0) is 19.4 Å². The van der Waals surface area contributed by atoms with E-state index in [4.69, 9.17) is 5.11 Å². The fourth-order valence-corrected chi connectivity index (χ4v) is 0.677. The number of hydrogen-bond acceptors (Lipinski definition) is 2. The molecule has 0 aliphatic carbocycles. The number of hydrogen-bond donors (Lipinski definition) is 2. The molecule has 0 aromatic heterocycles. The highest BCUT2D eigenvalue weighted by Gasteiger charge is 2.04. The lowest BCUT2D eigenvalue weighted by molar-refractivity contribution is -0.117. The molecule has 0 saturated carbocycles. The van der Waals surface area contributed by atoms with Crippen molar-refractivity contribution in [3.05, 3.63) is 12.2 Å². The van der Waals surface area contributed by atoms with Crippen LogP contribution < -0.4 is 5.32 Å². The standard InChI is InChI=1S/C8H15NO2/c1-3-5-8(11)9-7(4-2)6-10/h3,5,7,10H,4,6H2,1-2H3,(H,9,11)/b5-3+. The van der Waals surface area contributed by atoms with E-state index in [0.29, 0.717) is 0 Å². The third kappa shape index (κ3) is 4.56. The minimum absolute atomic E-state index is 0.000204. The number of amides is 1. The van der Waals surface area contributed by atoms with Crippen molar-refractivity contribution in [2.24, 2.45) is 0 Å². The smallest absolute Gasteiger partial charge is 0.243 e. The van der Waals surface area contributed by atoms with Crippen LogP contribution in [0.15, 0.2) is 12.2 Å². The summed E-state index contributed by atoms with van der Waals surface area (Å²) in [6.07, 6.45) is 3.86. The fourth-order valence-electron chi connectivity index (χ4n) is 0.677. The first-order valence-electron chi connectivity index (χ1n) is 3.78. The second-order valence-electron chi connectivity index (χ2n) is 2.30.